The molecule has 3 N–H and O–H groups in total. The van der Waals surface area contributed by atoms with Crippen molar-refractivity contribution in [2.24, 2.45) is 0 Å². The minimum absolute atomic E-state index is 0.0457. The molecule has 3 unspecified atom stereocenters. The number of hydrogen-bond acceptors (Lipinski definition) is 5. The molecule has 0 saturated carbocycles. The SMILES string of the molecule is CC/C=C\C/C=C\C/C=C\C/C=C\CCC(=O)NC(COP(=O)(O)OCC[N+](C)(C)C)C(O)/C=C/CCCCCCCCC. The van der Waals surface area contributed by atoms with E-state index in [9.17, 15) is 19.4 Å². The zero-order chi connectivity index (χ0) is 32.9. The Morgan fingerprint density at radius 2 is 1.36 bits per heavy atom. The zero-order valence-corrected chi connectivity index (χ0v) is 29.3. The van der Waals surface area contributed by atoms with Crippen molar-refractivity contribution in [2.75, 3.05) is 40.9 Å². The molecule has 254 valence electrons. The van der Waals surface area contributed by atoms with Crippen LogP contribution in [0.2, 0.25) is 0 Å². The summed E-state index contributed by atoms with van der Waals surface area (Å²) in [6.45, 7) is 4.55. The van der Waals surface area contributed by atoms with Gasteiger partial charge in [0.05, 0.1) is 39.9 Å². The third-order valence-electron chi connectivity index (χ3n) is 6.76. The number of allylic oxidation sites excluding steroid dienone is 9. The molecule has 0 bridgehead atoms. The molecular weight excluding hydrogens is 575 g/mol. The monoisotopic (exact) mass is 639 g/mol. The van der Waals surface area contributed by atoms with Gasteiger partial charge in [-0.15, -0.1) is 0 Å². The molecule has 0 aromatic heterocycles. The number of rotatable bonds is 28. The molecule has 1 amide bonds. The highest BCUT2D eigenvalue weighted by Gasteiger charge is 2.27. The number of unbranched alkanes of at least 4 members (excludes halogenated alkanes) is 7. The van der Waals surface area contributed by atoms with E-state index in [0.29, 0.717) is 17.4 Å². The molecule has 0 rings (SSSR count). The molecule has 0 aromatic rings. The van der Waals surface area contributed by atoms with Gasteiger partial charge in [0.15, 0.2) is 0 Å². The highest BCUT2D eigenvalue weighted by Crippen LogP contribution is 2.43. The average molecular weight is 640 g/mol. The van der Waals surface area contributed by atoms with Gasteiger partial charge >= 0.3 is 7.82 Å². The molecule has 0 aliphatic heterocycles. The fraction of sp³-hybridized carbons (Fsp3) is 0.686. The van der Waals surface area contributed by atoms with Gasteiger partial charge in [0.1, 0.15) is 13.2 Å². The summed E-state index contributed by atoms with van der Waals surface area (Å²) in [6, 6.07) is -0.882. The Kier molecular flexibility index (Phi) is 26.4. The van der Waals surface area contributed by atoms with E-state index in [4.69, 9.17) is 9.05 Å². The molecule has 0 aromatic carbocycles. The maximum absolute atomic E-state index is 12.7. The molecule has 0 fully saturated rings. The van der Waals surface area contributed by atoms with E-state index < -0.39 is 20.0 Å². The van der Waals surface area contributed by atoms with Crippen LogP contribution >= 0.6 is 7.82 Å². The molecule has 8 nitrogen and oxygen atoms in total. The van der Waals surface area contributed by atoms with Crippen LogP contribution in [0.25, 0.3) is 0 Å². The Morgan fingerprint density at radius 1 is 0.795 bits per heavy atom. The van der Waals surface area contributed by atoms with Crippen LogP contribution in [0.15, 0.2) is 60.8 Å². The van der Waals surface area contributed by atoms with Crippen LogP contribution in [-0.2, 0) is 18.4 Å². The second kappa shape index (κ2) is 27.5. The van der Waals surface area contributed by atoms with E-state index in [2.05, 4.69) is 55.6 Å². The first-order chi connectivity index (χ1) is 21.0. The first-order valence-corrected chi connectivity index (χ1v) is 18.2. The van der Waals surface area contributed by atoms with Crippen molar-refractivity contribution >= 4 is 13.7 Å². The first-order valence-electron chi connectivity index (χ1n) is 16.7. The maximum atomic E-state index is 12.7. The Balaban J connectivity index is 4.76. The van der Waals surface area contributed by atoms with E-state index in [1.807, 2.05) is 39.4 Å². The summed E-state index contributed by atoms with van der Waals surface area (Å²) >= 11 is 0. The van der Waals surface area contributed by atoms with Crippen LogP contribution in [0.5, 0.6) is 0 Å². The summed E-state index contributed by atoms with van der Waals surface area (Å²) in [7, 11) is 1.51. The summed E-state index contributed by atoms with van der Waals surface area (Å²) < 4.78 is 23.3. The lowest BCUT2D eigenvalue weighted by atomic mass is 10.1. The van der Waals surface area contributed by atoms with E-state index in [1.165, 1.54) is 32.1 Å². The number of nitrogens with zero attached hydrogens (tertiary/aromatic N) is 1. The minimum atomic E-state index is -4.34. The van der Waals surface area contributed by atoms with Gasteiger partial charge in [0, 0.05) is 6.42 Å². The van der Waals surface area contributed by atoms with Crippen LogP contribution in [0.3, 0.4) is 0 Å². The third kappa shape index (κ3) is 28.9. The highest BCUT2D eigenvalue weighted by atomic mass is 31.2. The number of carbonyl (C=O) groups is 1. The van der Waals surface area contributed by atoms with Gasteiger partial charge in [-0.05, 0) is 44.9 Å². The molecule has 44 heavy (non-hydrogen) atoms. The van der Waals surface area contributed by atoms with Gasteiger partial charge < -0.3 is 19.8 Å². The van der Waals surface area contributed by atoms with Crippen molar-refractivity contribution in [3.8, 4) is 0 Å². The number of carbonyl (C=O) groups excluding carboxylic acids is 1. The van der Waals surface area contributed by atoms with Gasteiger partial charge in [0.2, 0.25) is 5.91 Å². The fourth-order valence-electron chi connectivity index (χ4n) is 4.05. The number of aliphatic hydroxyl groups excluding tert-OH is 1. The van der Waals surface area contributed by atoms with E-state index in [0.717, 1.165) is 44.9 Å². The van der Waals surface area contributed by atoms with Gasteiger partial charge in [-0.1, -0.05) is 113 Å². The predicted octanol–water partition coefficient (Wildman–Crippen LogP) is 7.95. The Morgan fingerprint density at radius 3 is 1.95 bits per heavy atom. The standard InChI is InChI=1S/C35H63N2O6P/c1-6-8-10-12-14-16-17-18-19-21-23-25-27-29-35(39)36-33(32-43-44(40,41)42-31-30-37(3,4)5)34(38)28-26-24-22-20-15-13-11-9-7-2/h8,10,14,16,18-19,23,25-26,28,33-34,38H,6-7,9,11-13,15,17,20-22,24,27,29-32H2,1-5H3,(H-,36,39,40,41)/p+1/b10-8-,16-14-,19-18-,25-23-,28-26+. The number of amides is 1. The Hall–Kier alpha value is -1.80. The Labute approximate surface area is 269 Å². The number of nitrogens with one attached hydrogen (secondary N) is 1. The van der Waals surface area contributed by atoms with Crippen molar-refractivity contribution in [3.63, 3.8) is 0 Å². The summed E-state index contributed by atoms with van der Waals surface area (Å²) in [5, 5.41) is 13.6. The Bertz CT molecular complexity index is 907. The van der Waals surface area contributed by atoms with Crippen LogP contribution in [0.4, 0.5) is 0 Å². The second-order valence-electron chi connectivity index (χ2n) is 12.2. The third-order valence-corrected chi connectivity index (χ3v) is 7.74. The zero-order valence-electron chi connectivity index (χ0n) is 28.4. The molecule has 0 aliphatic rings. The lowest BCUT2D eigenvalue weighted by Crippen LogP contribution is -2.45. The number of quaternary nitrogens is 1. The van der Waals surface area contributed by atoms with Crippen molar-refractivity contribution in [1.29, 1.82) is 0 Å². The molecule has 0 saturated heterocycles. The summed E-state index contributed by atoms with van der Waals surface area (Å²) in [5.41, 5.74) is 0. The van der Waals surface area contributed by atoms with Crippen molar-refractivity contribution in [2.45, 2.75) is 116 Å². The molecular formula is C35H64N2O6P+. The smallest absolute Gasteiger partial charge is 0.387 e. The number of likely N-dealkylation sites (N-methyl/N-ethyl adjacent to an activating group) is 1. The summed E-state index contributed by atoms with van der Waals surface area (Å²) in [6.07, 6.45) is 33.1. The molecule has 9 heteroatoms. The maximum Gasteiger partial charge on any atom is 0.472 e. The summed E-state index contributed by atoms with van der Waals surface area (Å²) in [5.74, 6) is -0.265. The lowest BCUT2D eigenvalue weighted by molar-refractivity contribution is -0.870. The second-order valence-corrected chi connectivity index (χ2v) is 13.6. The topological polar surface area (TPSA) is 105 Å². The van der Waals surface area contributed by atoms with E-state index in [-0.39, 0.29) is 25.5 Å². The quantitative estimate of drug-likeness (QED) is 0.0347. The van der Waals surface area contributed by atoms with Crippen molar-refractivity contribution < 1.29 is 32.9 Å². The van der Waals surface area contributed by atoms with Gasteiger partial charge in [-0.2, -0.15) is 0 Å². The van der Waals surface area contributed by atoms with Crippen LogP contribution in [0.1, 0.15) is 104 Å². The molecule has 0 radical (unpaired) electrons. The highest BCUT2D eigenvalue weighted by molar-refractivity contribution is 7.47. The van der Waals surface area contributed by atoms with Gasteiger partial charge in [0.25, 0.3) is 0 Å². The lowest BCUT2D eigenvalue weighted by Gasteiger charge is -2.25. The predicted molar refractivity (Wildman–Crippen MR) is 184 cm³/mol. The molecule has 0 spiro atoms. The molecule has 3 atom stereocenters. The number of phosphoric acid groups is 1. The number of hydrogen-bond donors (Lipinski definition) is 3. The van der Waals surface area contributed by atoms with E-state index in [1.54, 1.807) is 6.08 Å². The average Bonchev–Trinajstić information content (AvgIpc) is 2.95. The van der Waals surface area contributed by atoms with Crippen molar-refractivity contribution in [1.82, 2.24) is 5.32 Å². The number of aliphatic hydroxyl groups is 1. The largest absolute Gasteiger partial charge is 0.472 e. The first kappa shape index (κ1) is 42.2. The van der Waals surface area contributed by atoms with Crippen LogP contribution < -0.4 is 5.32 Å². The molecule has 0 heterocycles. The van der Waals surface area contributed by atoms with E-state index >= 15 is 0 Å². The normalized spacial score (nSPS) is 15.7. The minimum Gasteiger partial charge on any atom is -0.387 e. The summed E-state index contributed by atoms with van der Waals surface area (Å²) in [4.78, 5) is 22.8. The number of phosphoric ester groups is 1. The van der Waals surface area contributed by atoms with Gasteiger partial charge in [-0.3, -0.25) is 13.8 Å². The fourth-order valence-corrected chi connectivity index (χ4v) is 4.78. The van der Waals surface area contributed by atoms with Crippen molar-refractivity contribution in [3.05, 3.63) is 60.8 Å². The van der Waals surface area contributed by atoms with Gasteiger partial charge in [-0.25, -0.2) is 4.57 Å². The van der Waals surface area contributed by atoms with Crippen LogP contribution in [0, 0.1) is 0 Å². The molecule has 0 aliphatic carbocycles. The van der Waals surface area contributed by atoms with Crippen LogP contribution in [-0.4, -0.2) is 73.4 Å².